The first-order valence-corrected chi connectivity index (χ1v) is 9.42. The molecule has 1 unspecified atom stereocenters. The zero-order valence-corrected chi connectivity index (χ0v) is 14.8. The molecule has 0 amide bonds. The van der Waals surface area contributed by atoms with Crippen LogP contribution in [0.25, 0.3) is 4.91 Å². The van der Waals surface area contributed by atoms with Crippen molar-refractivity contribution in [2.24, 2.45) is 0 Å². The minimum Gasteiger partial charge on any atom is -0.421 e. The molecule has 0 fully saturated rings. The summed E-state index contributed by atoms with van der Waals surface area (Å²) in [6.45, 7) is -0.365. The molecule has 1 aliphatic heterocycles. The molecule has 1 aliphatic rings. The number of carbonyl (C=O) groups excluding carboxylic acids is 2. The zero-order chi connectivity index (χ0) is 19.4. The SMILES string of the molecule is C#CCOC(=O)OC1=C(c2ccccc2)S(=O)(=O)C(c2ccccc2)C1=O. The molecule has 7 heteroatoms. The predicted octanol–water partition coefficient (Wildman–Crippen LogP) is 2.88. The van der Waals surface area contributed by atoms with Crippen LogP contribution in [-0.2, 0) is 24.1 Å². The molecule has 1 atom stereocenters. The number of terminal acetylenes is 1. The summed E-state index contributed by atoms with van der Waals surface area (Å²) in [4.78, 5) is 24.4. The van der Waals surface area contributed by atoms with Gasteiger partial charge in [-0.15, -0.1) is 6.42 Å². The molecule has 0 aromatic heterocycles. The highest BCUT2D eigenvalue weighted by atomic mass is 32.2. The van der Waals surface area contributed by atoms with Crippen molar-refractivity contribution in [1.29, 1.82) is 0 Å². The lowest BCUT2D eigenvalue weighted by Crippen LogP contribution is -2.17. The number of ketones is 1. The van der Waals surface area contributed by atoms with E-state index in [0.717, 1.165) is 0 Å². The lowest BCUT2D eigenvalue weighted by molar-refractivity contribution is -0.117. The summed E-state index contributed by atoms with van der Waals surface area (Å²) in [5, 5.41) is -1.50. The fourth-order valence-corrected chi connectivity index (χ4v) is 4.78. The van der Waals surface area contributed by atoms with Gasteiger partial charge in [0.05, 0.1) is 0 Å². The summed E-state index contributed by atoms with van der Waals surface area (Å²) in [6, 6.07) is 16.0. The first kappa shape index (κ1) is 18.4. The number of hydrogen-bond donors (Lipinski definition) is 0. The zero-order valence-electron chi connectivity index (χ0n) is 14.0. The minimum atomic E-state index is -4.14. The second-order valence-electron chi connectivity index (χ2n) is 5.57. The maximum Gasteiger partial charge on any atom is 0.514 e. The third-order valence-electron chi connectivity index (χ3n) is 3.86. The number of sulfone groups is 1. The highest BCUT2D eigenvalue weighted by Gasteiger charge is 2.50. The largest absolute Gasteiger partial charge is 0.514 e. The van der Waals surface area contributed by atoms with Gasteiger partial charge in [-0.05, 0) is 11.1 Å². The number of Topliss-reactive ketones (excluding diaryl/α,β-unsaturated/α-hetero) is 1. The van der Waals surface area contributed by atoms with Crippen molar-refractivity contribution < 1.29 is 27.5 Å². The maximum absolute atomic E-state index is 13.2. The van der Waals surface area contributed by atoms with Crippen molar-refractivity contribution in [3.05, 3.63) is 77.5 Å². The van der Waals surface area contributed by atoms with Crippen molar-refractivity contribution in [1.82, 2.24) is 0 Å². The number of ether oxygens (including phenoxy) is 2. The van der Waals surface area contributed by atoms with Crippen molar-refractivity contribution in [2.45, 2.75) is 5.25 Å². The Balaban J connectivity index is 2.13. The highest BCUT2D eigenvalue weighted by Crippen LogP contribution is 2.44. The first-order chi connectivity index (χ1) is 13.0. The maximum atomic E-state index is 13.2. The normalized spacial score (nSPS) is 18.0. The standard InChI is InChI=1S/C20H14O6S/c1-2-13-25-20(22)26-17-16(21)18(14-9-5-3-6-10-14)27(23,24)19(17)15-11-7-4-8-12-15/h1,3-12,18H,13H2. The Morgan fingerprint density at radius 2 is 1.63 bits per heavy atom. The molecular weight excluding hydrogens is 368 g/mol. The molecule has 2 aromatic carbocycles. The quantitative estimate of drug-likeness (QED) is 0.597. The molecule has 0 saturated carbocycles. The molecule has 0 aliphatic carbocycles. The van der Waals surface area contributed by atoms with Crippen LogP contribution in [0, 0.1) is 12.3 Å². The summed E-state index contributed by atoms with van der Waals surface area (Å²) < 4.78 is 35.9. The van der Waals surface area contributed by atoms with Gasteiger partial charge >= 0.3 is 6.16 Å². The molecular formula is C20H14O6S. The van der Waals surface area contributed by atoms with Crippen molar-refractivity contribution in [3.63, 3.8) is 0 Å². The van der Waals surface area contributed by atoms with Gasteiger partial charge in [0.15, 0.2) is 27.5 Å². The Hall–Kier alpha value is -3.37. The van der Waals surface area contributed by atoms with E-state index >= 15 is 0 Å². The summed E-state index contributed by atoms with van der Waals surface area (Å²) >= 11 is 0. The monoisotopic (exact) mass is 382 g/mol. The van der Waals surface area contributed by atoms with Crippen LogP contribution in [0.1, 0.15) is 16.4 Å². The molecule has 0 saturated heterocycles. The summed E-state index contributed by atoms with van der Waals surface area (Å²) in [5.41, 5.74) is 0.524. The minimum absolute atomic E-state index is 0.240. The van der Waals surface area contributed by atoms with Gasteiger partial charge < -0.3 is 9.47 Å². The van der Waals surface area contributed by atoms with Gasteiger partial charge in [-0.25, -0.2) is 13.2 Å². The second-order valence-corrected chi connectivity index (χ2v) is 7.54. The van der Waals surface area contributed by atoms with E-state index < -0.39 is 32.8 Å². The average Bonchev–Trinajstić information content (AvgIpc) is 2.86. The summed E-state index contributed by atoms with van der Waals surface area (Å²) in [6.07, 6.45) is 3.77. The molecule has 0 bridgehead atoms. The molecule has 1 heterocycles. The Kier molecular flexibility index (Phi) is 5.10. The lowest BCUT2D eigenvalue weighted by atomic mass is 10.1. The summed E-state index contributed by atoms with van der Waals surface area (Å²) in [7, 11) is -4.14. The first-order valence-electron chi connectivity index (χ1n) is 7.87. The van der Waals surface area contributed by atoms with Gasteiger partial charge in [0.25, 0.3) is 0 Å². The summed E-state index contributed by atoms with van der Waals surface area (Å²) in [5.74, 6) is 0.679. The van der Waals surface area contributed by atoms with E-state index in [4.69, 9.17) is 11.2 Å². The Morgan fingerprint density at radius 1 is 1.04 bits per heavy atom. The van der Waals surface area contributed by atoms with Gasteiger partial charge in [-0.3, -0.25) is 4.79 Å². The smallest absolute Gasteiger partial charge is 0.421 e. The van der Waals surface area contributed by atoms with Crippen LogP contribution in [0.15, 0.2) is 66.4 Å². The third-order valence-corrected chi connectivity index (χ3v) is 5.96. The van der Waals surface area contributed by atoms with Crippen LogP contribution < -0.4 is 0 Å². The highest BCUT2D eigenvalue weighted by molar-refractivity contribution is 8.02. The fraction of sp³-hybridized carbons (Fsp3) is 0.100. The molecule has 0 N–H and O–H groups in total. The van der Waals surface area contributed by atoms with E-state index in [1.807, 2.05) is 0 Å². The van der Waals surface area contributed by atoms with Crippen LogP contribution in [0.5, 0.6) is 0 Å². The molecule has 136 valence electrons. The number of rotatable bonds is 4. The van der Waals surface area contributed by atoms with Crippen molar-refractivity contribution in [2.75, 3.05) is 6.61 Å². The van der Waals surface area contributed by atoms with Crippen LogP contribution in [-0.4, -0.2) is 27.0 Å². The lowest BCUT2D eigenvalue weighted by Gasteiger charge is -2.10. The van der Waals surface area contributed by atoms with Gasteiger partial charge in [0.2, 0.25) is 5.78 Å². The van der Waals surface area contributed by atoms with E-state index in [2.05, 4.69) is 10.7 Å². The van der Waals surface area contributed by atoms with Crippen molar-refractivity contribution in [3.8, 4) is 12.3 Å². The van der Waals surface area contributed by atoms with Crippen LogP contribution in [0.3, 0.4) is 0 Å². The molecule has 0 radical (unpaired) electrons. The van der Waals surface area contributed by atoms with Crippen LogP contribution >= 0.6 is 0 Å². The average molecular weight is 382 g/mol. The van der Waals surface area contributed by atoms with E-state index in [9.17, 15) is 18.0 Å². The predicted molar refractivity (Wildman–Crippen MR) is 97.7 cm³/mol. The topological polar surface area (TPSA) is 86.7 Å². The van der Waals surface area contributed by atoms with E-state index in [0.29, 0.717) is 0 Å². The number of carbonyl (C=O) groups is 2. The van der Waals surface area contributed by atoms with Gasteiger partial charge in [0, 0.05) is 0 Å². The van der Waals surface area contributed by atoms with Crippen LogP contribution in [0.2, 0.25) is 0 Å². The van der Waals surface area contributed by atoms with Crippen molar-refractivity contribution >= 4 is 26.7 Å². The van der Waals surface area contributed by atoms with E-state index in [-0.39, 0.29) is 22.6 Å². The van der Waals surface area contributed by atoms with E-state index in [1.54, 1.807) is 36.4 Å². The van der Waals surface area contributed by atoms with Gasteiger partial charge in [-0.1, -0.05) is 66.6 Å². The molecule has 2 aromatic rings. The Bertz CT molecular complexity index is 1050. The van der Waals surface area contributed by atoms with Gasteiger partial charge in [0.1, 0.15) is 4.91 Å². The van der Waals surface area contributed by atoms with Crippen LogP contribution in [0.4, 0.5) is 4.79 Å². The molecule has 3 rings (SSSR count). The molecule has 6 nitrogen and oxygen atoms in total. The fourth-order valence-electron chi connectivity index (χ4n) is 2.77. The molecule has 0 spiro atoms. The number of hydrogen-bond acceptors (Lipinski definition) is 6. The Morgan fingerprint density at radius 3 is 2.22 bits per heavy atom. The third kappa shape index (κ3) is 3.48. The van der Waals surface area contributed by atoms with E-state index in [1.165, 1.54) is 24.3 Å². The number of allylic oxidation sites excluding steroid dienone is 1. The Labute approximate surface area is 156 Å². The second kappa shape index (κ2) is 7.48. The van der Waals surface area contributed by atoms with Gasteiger partial charge in [-0.2, -0.15) is 0 Å². The number of benzene rings is 2. The molecule has 27 heavy (non-hydrogen) atoms.